The molecular formula is C39H69N5O8. The van der Waals surface area contributed by atoms with E-state index in [1.165, 1.54) is 33.6 Å². The van der Waals surface area contributed by atoms with Gasteiger partial charge in [0.1, 0.15) is 24.2 Å². The van der Waals surface area contributed by atoms with Crippen LogP contribution in [0.4, 0.5) is 0 Å². The van der Waals surface area contributed by atoms with Gasteiger partial charge in [-0.1, -0.05) is 60.3 Å². The van der Waals surface area contributed by atoms with E-state index in [-0.39, 0.29) is 43.2 Å². The zero-order valence-corrected chi connectivity index (χ0v) is 34.1. The predicted octanol–water partition coefficient (Wildman–Crippen LogP) is 3.89. The van der Waals surface area contributed by atoms with E-state index in [0.29, 0.717) is 19.3 Å². The molecule has 0 bridgehead atoms. The SMILES string of the molecule is CCCCCCCC(=O)N(C)[C@@H](CC(C)C)C(=O)N[C@H](C(=O)N(C)[C@H](C(=O)N1C[C@@H](OC(C)(C)C)C[C@H]1C(=O)N1C(=O)CC[C@@H]1C)C(C)C)[C@@H](C)O. The van der Waals surface area contributed by atoms with Crippen LogP contribution in [0.25, 0.3) is 0 Å². The first-order valence-electron chi connectivity index (χ1n) is 19.5. The number of unbranched alkanes of at least 4 members (excludes halogenated alkanes) is 4. The maximum Gasteiger partial charge on any atom is 0.252 e. The Balaban J connectivity index is 2.35. The Morgan fingerprint density at radius 2 is 1.60 bits per heavy atom. The summed E-state index contributed by atoms with van der Waals surface area (Å²) in [5.41, 5.74) is -0.554. The molecule has 2 aliphatic heterocycles. The monoisotopic (exact) mass is 736 g/mol. The minimum Gasteiger partial charge on any atom is -0.391 e. The number of aliphatic hydroxyl groups is 1. The second kappa shape index (κ2) is 19.9. The average Bonchev–Trinajstić information content (AvgIpc) is 3.61. The van der Waals surface area contributed by atoms with Crippen molar-refractivity contribution in [1.29, 1.82) is 0 Å². The first kappa shape index (κ1) is 45.1. The van der Waals surface area contributed by atoms with Crippen LogP contribution in [-0.4, -0.2) is 129 Å². The molecule has 0 spiro atoms. The Labute approximate surface area is 312 Å². The first-order valence-corrected chi connectivity index (χ1v) is 19.5. The van der Waals surface area contributed by atoms with Crippen LogP contribution >= 0.6 is 0 Å². The van der Waals surface area contributed by atoms with E-state index in [1.54, 1.807) is 20.9 Å². The number of likely N-dealkylation sites (N-methyl/N-ethyl adjacent to an activating group) is 2. The van der Waals surface area contributed by atoms with Crippen LogP contribution in [0.3, 0.4) is 0 Å². The number of rotatable bonds is 18. The quantitative estimate of drug-likeness (QED) is 0.159. The van der Waals surface area contributed by atoms with Crippen LogP contribution in [0, 0.1) is 11.8 Å². The third kappa shape index (κ3) is 12.2. The second-order valence-corrected chi connectivity index (χ2v) is 16.8. The lowest BCUT2D eigenvalue weighted by molar-refractivity contribution is -0.155. The van der Waals surface area contributed by atoms with Gasteiger partial charge in [-0.15, -0.1) is 0 Å². The summed E-state index contributed by atoms with van der Waals surface area (Å²) in [6.45, 7) is 18.6. The predicted molar refractivity (Wildman–Crippen MR) is 200 cm³/mol. The third-order valence-corrected chi connectivity index (χ3v) is 10.1. The van der Waals surface area contributed by atoms with Crippen LogP contribution in [-0.2, 0) is 33.5 Å². The minimum absolute atomic E-state index is 0.0583. The number of amides is 6. The van der Waals surface area contributed by atoms with Gasteiger partial charge in [-0.25, -0.2) is 0 Å². The Morgan fingerprint density at radius 1 is 0.981 bits per heavy atom. The lowest BCUT2D eigenvalue weighted by Crippen LogP contribution is -2.62. The largest absolute Gasteiger partial charge is 0.391 e. The number of hydrogen-bond donors (Lipinski definition) is 2. The number of nitrogens with zero attached hydrogens (tertiary/aromatic N) is 4. The lowest BCUT2D eigenvalue weighted by Gasteiger charge is -2.38. The van der Waals surface area contributed by atoms with Crippen molar-refractivity contribution < 1.29 is 38.6 Å². The van der Waals surface area contributed by atoms with Crippen molar-refractivity contribution in [2.75, 3.05) is 20.6 Å². The molecule has 2 aliphatic rings. The fourth-order valence-corrected chi connectivity index (χ4v) is 7.37. The Hall–Kier alpha value is -3.06. The molecule has 7 atom stereocenters. The fraction of sp³-hybridized carbons (Fsp3) is 0.846. The summed E-state index contributed by atoms with van der Waals surface area (Å²) in [4.78, 5) is 87.7. The van der Waals surface area contributed by atoms with Gasteiger partial charge >= 0.3 is 0 Å². The molecule has 13 heteroatoms. The van der Waals surface area contributed by atoms with Crippen molar-refractivity contribution in [2.45, 2.75) is 181 Å². The zero-order chi connectivity index (χ0) is 39.7. The highest BCUT2D eigenvalue weighted by Crippen LogP contribution is 2.31. The van der Waals surface area contributed by atoms with Crippen LogP contribution < -0.4 is 5.32 Å². The normalized spacial score (nSPS) is 21.7. The van der Waals surface area contributed by atoms with Gasteiger partial charge in [0.2, 0.25) is 29.5 Å². The van der Waals surface area contributed by atoms with Crippen molar-refractivity contribution in [2.24, 2.45) is 11.8 Å². The number of aliphatic hydroxyl groups excluding tert-OH is 1. The van der Waals surface area contributed by atoms with Gasteiger partial charge in [-0.2, -0.15) is 0 Å². The Bertz CT molecular complexity index is 1250. The number of imide groups is 1. The van der Waals surface area contributed by atoms with Crippen LogP contribution in [0.5, 0.6) is 0 Å². The molecule has 2 rings (SSSR count). The van der Waals surface area contributed by atoms with E-state index in [9.17, 15) is 33.9 Å². The summed E-state index contributed by atoms with van der Waals surface area (Å²) >= 11 is 0. The topological polar surface area (TPSA) is 157 Å². The van der Waals surface area contributed by atoms with Crippen molar-refractivity contribution in [3.05, 3.63) is 0 Å². The summed E-state index contributed by atoms with van der Waals surface area (Å²) in [7, 11) is 3.05. The summed E-state index contributed by atoms with van der Waals surface area (Å²) in [6, 6.07) is -4.59. The molecule has 0 aliphatic carbocycles. The van der Waals surface area contributed by atoms with E-state index in [2.05, 4.69) is 12.2 Å². The average molecular weight is 736 g/mol. The molecule has 0 saturated carbocycles. The lowest BCUT2D eigenvalue weighted by atomic mass is 9.98. The number of nitrogens with one attached hydrogen (secondary N) is 1. The number of hydrogen-bond acceptors (Lipinski definition) is 8. The van der Waals surface area contributed by atoms with Crippen molar-refractivity contribution in [3.8, 4) is 0 Å². The van der Waals surface area contributed by atoms with E-state index >= 15 is 0 Å². The minimum atomic E-state index is -1.41. The Kier molecular flexibility index (Phi) is 17.2. The van der Waals surface area contributed by atoms with E-state index in [0.717, 1.165) is 32.1 Å². The fourth-order valence-electron chi connectivity index (χ4n) is 7.37. The van der Waals surface area contributed by atoms with Gasteiger partial charge in [-0.05, 0) is 65.7 Å². The molecule has 2 fully saturated rings. The summed E-state index contributed by atoms with van der Waals surface area (Å²) in [6.07, 6.45) is 4.79. The maximum atomic E-state index is 14.5. The zero-order valence-electron chi connectivity index (χ0n) is 34.1. The molecule has 2 heterocycles. The van der Waals surface area contributed by atoms with Crippen LogP contribution in [0.2, 0.25) is 0 Å². The van der Waals surface area contributed by atoms with Gasteiger partial charge in [0.15, 0.2) is 0 Å². The molecule has 13 nitrogen and oxygen atoms in total. The van der Waals surface area contributed by atoms with Gasteiger partial charge < -0.3 is 29.9 Å². The molecule has 0 radical (unpaired) electrons. The molecule has 0 aromatic rings. The molecule has 298 valence electrons. The highest BCUT2D eigenvalue weighted by Gasteiger charge is 2.49. The highest BCUT2D eigenvalue weighted by molar-refractivity contribution is 6.02. The Morgan fingerprint density at radius 3 is 2.10 bits per heavy atom. The number of likely N-dealkylation sites (tertiary alicyclic amines) is 2. The van der Waals surface area contributed by atoms with Crippen molar-refractivity contribution >= 4 is 35.4 Å². The molecule has 0 unspecified atom stereocenters. The molecule has 2 saturated heterocycles. The summed E-state index contributed by atoms with van der Waals surface area (Å²) < 4.78 is 6.22. The molecule has 2 N–H and O–H groups in total. The smallest absolute Gasteiger partial charge is 0.252 e. The van der Waals surface area contributed by atoms with E-state index in [4.69, 9.17) is 4.74 Å². The molecular weight excluding hydrogens is 666 g/mol. The van der Waals surface area contributed by atoms with Crippen LogP contribution in [0.15, 0.2) is 0 Å². The van der Waals surface area contributed by atoms with Crippen molar-refractivity contribution in [1.82, 2.24) is 24.9 Å². The van der Waals surface area contributed by atoms with E-state index in [1.807, 2.05) is 41.5 Å². The molecule has 52 heavy (non-hydrogen) atoms. The van der Waals surface area contributed by atoms with Crippen molar-refractivity contribution in [3.63, 3.8) is 0 Å². The second-order valence-electron chi connectivity index (χ2n) is 16.8. The molecule has 0 aromatic carbocycles. The number of carbonyl (C=O) groups is 6. The summed E-state index contributed by atoms with van der Waals surface area (Å²) in [5, 5.41) is 13.6. The van der Waals surface area contributed by atoms with Gasteiger partial charge in [0, 0.05) is 45.9 Å². The van der Waals surface area contributed by atoms with Gasteiger partial charge in [0.05, 0.1) is 17.8 Å². The maximum absolute atomic E-state index is 14.5. The first-order chi connectivity index (χ1) is 24.1. The standard InChI is InChI=1S/C39H69N5O8/c1-13-14-15-16-17-18-31(46)41(11)29(21-24(2)3)35(48)40-33(27(7)45)37(50)42(12)34(25(4)5)38(51)43-23-28(52-39(8,9)10)22-30(43)36(49)44-26(6)19-20-32(44)47/h24-30,33-34,45H,13-23H2,1-12H3,(H,40,48)/t26-,27+,28-,29-,30-,33-,34-/m0/s1. The number of ether oxygens (including phenoxy) is 1. The molecule has 6 amide bonds. The van der Waals surface area contributed by atoms with E-state index < -0.39 is 71.5 Å². The number of carbonyl (C=O) groups excluding carboxylic acids is 6. The highest BCUT2D eigenvalue weighted by atomic mass is 16.5. The van der Waals surface area contributed by atoms with Gasteiger partial charge in [-0.3, -0.25) is 33.7 Å². The molecule has 0 aromatic heterocycles. The van der Waals surface area contributed by atoms with Gasteiger partial charge in [0.25, 0.3) is 5.91 Å². The van der Waals surface area contributed by atoms with Crippen LogP contribution in [0.1, 0.15) is 133 Å². The third-order valence-electron chi connectivity index (χ3n) is 10.1. The summed E-state index contributed by atoms with van der Waals surface area (Å²) in [5.74, 6) is -2.98.